The zero-order valence-electron chi connectivity index (χ0n) is 14.1. The number of nitrogens with one attached hydrogen (secondary N) is 2. The van der Waals surface area contributed by atoms with Gasteiger partial charge in [-0.25, -0.2) is 0 Å². The van der Waals surface area contributed by atoms with Gasteiger partial charge in [-0.1, -0.05) is 13.8 Å². The Morgan fingerprint density at radius 1 is 1.32 bits per heavy atom. The molecule has 0 spiro atoms. The first-order valence-electron chi connectivity index (χ1n) is 8.56. The quantitative estimate of drug-likeness (QED) is 0.542. The lowest BCUT2D eigenvalue weighted by Gasteiger charge is -2.28. The van der Waals surface area contributed by atoms with Crippen LogP contribution in [0.15, 0.2) is 21.8 Å². The summed E-state index contributed by atoms with van der Waals surface area (Å²) in [5.41, 5.74) is 1.38. The maximum Gasteiger partial charge on any atom is 0.191 e. The molecule has 1 atom stereocenters. The molecule has 0 aliphatic heterocycles. The van der Waals surface area contributed by atoms with Crippen molar-refractivity contribution in [1.82, 2.24) is 15.5 Å². The van der Waals surface area contributed by atoms with E-state index in [4.69, 9.17) is 4.99 Å². The Labute approximate surface area is 139 Å². The molecule has 1 aliphatic rings. The molecule has 4 nitrogen and oxygen atoms in total. The number of thiophene rings is 1. The van der Waals surface area contributed by atoms with E-state index in [1.54, 1.807) is 11.3 Å². The van der Waals surface area contributed by atoms with Gasteiger partial charge in [0, 0.05) is 13.1 Å². The minimum Gasteiger partial charge on any atom is -0.357 e. The van der Waals surface area contributed by atoms with Crippen LogP contribution in [0.25, 0.3) is 0 Å². The lowest BCUT2D eigenvalue weighted by atomic mass is 10.1. The van der Waals surface area contributed by atoms with Crippen molar-refractivity contribution in [2.45, 2.75) is 39.7 Å². The van der Waals surface area contributed by atoms with Crippen LogP contribution in [0.2, 0.25) is 0 Å². The molecule has 124 valence electrons. The number of aliphatic imine (C=N–C) groups is 1. The van der Waals surface area contributed by atoms with E-state index >= 15 is 0 Å². The maximum atomic E-state index is 4.84. The fourth-order valence-electron chi connectivity index (χ4n) is 2.64. The minimum atomic E-state index is 0.373. The second-order valence-corrected chi connectivity index (χ2v) is 6.62. The topological polar surface area (TPSA) is 39.7 Å². The highest BCUT2D eigenvalue weighted by molar-refractivity contribution is 7.07. The van der Waals surface area contributed by atoms with E-state index in [1.165, 1.54) is 18.4 Å². The van der Waals surface area contributed by atoms with E-state index in [1.807, 2.05) is 0 Å². The molecule has 1 aliphatic carbocycles. The van der Waals surface area contributed by atoms with Gasteiger partial charge in [0.25, 0.3) is 0 Å². The first-order valence-corrected chi connectivity index (χ1v) is 9.51. The van der Waals surface area contributed by atoms with Crippen LogP contribution in [0.4, 0.5) is 0 Å². The molecule has 0 amide bonds. The molecular weight excluding hydrogens is 292 g/mol. The zero-order valence-corrected chi connectivity index (χ0v) is 15.0. The molecule has 1 heterocycles. The first kappa shape index (κ1) is 17.3. The lowest BCUT2D eigenvalue weighted by Crippen LogP contribution is -2.39. The number of likely N-dealkylation sites (N-methyl/N-ethyl adjacent to an activating group) is 1. The lowest BCUT2D eigenvalue weighted by molar-refractivity contribution is 0.224. The van der Waals surface area contributed by atoms with Gasteiger partial charge in [0.05, 0.1) is 12.6 Å². The van der Waals surface area contributed by atoms with Crippen molar-refractivity contribution >= 4 is 17.3 Å². The summed E-state index contributed by atoms with van der Waals surface area (Å²) in [7, 11) is 0. The van der Waals surface area contributed by atoms with Crippen LogP contribution >= 0.6 is 11.3 Å². The summed E-state index contributed by atoms with van der Waals surface area (Å²) in [6.07, 6.45) is 2.73. The Bertz CT molecular complexity index is 436. The second kappa shape index (κ2) is 9.16. The Balaban J connectivity index is 2.01. The van der Waals surface area contributed by atoms with E-state index in [0.717, 1.165) is 44.6 Å². The highest BCUT2D eigenvalue weighted by Crippen LogP contribution is 2.27. The summed E-state index contributed by atoms with van der Waals surface area (Å²) in [4.78, 5) is 7.33. The molecule has 0 radical (unpaired) electrons. The second-order valence-electron chi connectivity index (χ2n) is 5.84. The van der Waals surface area contributed by atoms with Crippen LogP contribution in [0.3, 0.4) is 0 Å². The molecule has 1 unspecified atom stereocenters. The minimum absolute atomic E-state index is 0.373. The Hall–Kier alpha value is -1.07. The van der Waals surface area contributed by atoms with Gasteiger partial charge in [-0.15, -0.1) is 0 Å². The molecule has 2 N–H and O–H groups in total. The van der Waals surface area contributed by atoms with E-state index in [-0.39, 0.29) is 0 Å². The Kier molecular flexibility index (Phi) is 7.19. The molecule has 22 heavy (non-hydrogen) atoms. The molecule has 0 saturated heterocycles. The van der Waals surface area contributed by atoms with Crippen LogP contribution in [0.1, 0.15) is 45.2 Å². The number of rotatable bonds is 9. The highest BCUT2D eigenvalue weighted by atomic mass is 32.1. The van der Waals surface area contributed by atoms with Gasteiger partial charge in [-0.3, -0.25) is 9.89 Å². The molecule has 1 aromatic heterocycles. The monoisotopic (exact) mass is 322 g/mol. The molecule has 0 bridgehead atoms. The summed E-state index contributed by atoms with van der Waals surface area (Å²) >= 11 is 1.77. The van der Waals surface area contributed by atoms with E-state index < -0.39 is 0 Å². The third kappa shape index (κ3) is 5.29. The average Bonchev–Trinajstić information content (AvgIpc) is 3.21. The van der Waals surface area contributed by atoms with E-state index in [0.29, 0.717) is 6.04 Å². The van der Waals surface area contributed by atoms with E-state index in [2.05, 4.69) is 53.1 Å². The number of hydrogen-bond donors (Lipinski definition) is 2. The molecule has 1 aromatic rings. The SMILES string of the molecule is CCNC(=NCC(c1ccsc1)N(CC)CC)NCC1CC1. The van der Waals surface area contributed by atoms with Crippen molar-refractivity contribution < 1.29 is 0 Å². The zero-order chi connectivity index (χ0) is 15.8. The van der Waals surface area contributed by atoms with Crippen LogP contribution in [-0.2, 0) is 0 Å². The smallest absolute Gasteiger partial charge is 0.191 e. The Morgan fingerprint density at radius 3 is 2.64 bits per heavy atom. The van der Waals surface area contributed by atoms with Crippen molar-refractivity contribution in [2.75, 3.05) is 32.7 Å². The van der Waals surface area contributed by atoms with Gasteiger partial charge in [-0.2, -0.15) is 11.3 Å². The van der Waals surface area contributed by atoms with Gasteiger partial charge in [0.15, 0.2) is 5.96 Å². The third-order valence-corrected chi connectivity index (χ3v) is 4.90. The summed E-state index contributed by atoms with van der Waals surface area (Å²) in [5, 5.41) is 11.3. The summed E-state index contributed by atoms with van der Waals surface area (Å²) < 4.78 is 0. The Morgan fingerprint density at radius 2 is 2.09 bits per heavy atom. The van der Waals surface area contributed by atoms with Crippen LogP contribution in [-0.4, -0.2) is 43.6 Å². The predicted molar refractivity (Wildman–Crippen MR) is 96.7 cm³/mol. The summed E-state index contributed by atoms with van der Waals surface area (Å²) in [5.74, 6) is 1.82. The van der Waals surface area contributed by atoms with Gasteiger partial charge in [0.2, 0.25) is 0 Å². The molecule has 1 fully saturated rings. The van der Waals surface area contributed by atoms with Crippen molar-refractivity contribution in [1.29, 1.82) is 0 Å². The van der Waals surface area contributed by atoms with Crippen molar-refractivity contribution in [3.8, 4) is 0 Å². The predicted octanol–water partition coefficient (Wildman–Crippen LogP) is 3.10. The van der Waals surface area contributed by atoms with Crippen LogP contribution in [0, 0.1) is 5.92 Å². The molecule has 5 heteroatoms. The molecule has 1 saturated carbocycles. The van der Waals surface area contributed by atoms with Crippen molar-refractivity contribution in [3.05, 3.63) is 22.4 Å². The van der Waals surface area contributed by atoms with Crippen molar-refractivity contribution in [2.24, 2.45) is 10.9 Å². The van der Waals surface area contributed by atoms with E-state index in [9.17, 15) is 0 Å². The maximum absolute atomic E-state index is 4.84. The third-order valence-electron chi connectivity index (χ3n) is 4.20. The summed E-state index contributed by atoms with van der Waals surface area (Å²) in [6, 6.07) is 2.60. The number of guanidine groups is 1. The number of nitrogens with zero attached hydrogens (tertiary/aromatic N) is 2. The van der Waals surface area contributed by atoms with Gasteiger partial charge >= 0.3 is 0 Å². The van der Waals surface area contributed by atoms with Gasteiger partial charge in [-0.05, 0) is 61.2 Å². The largest absolute Gasteiger partial charge is 0.357 e. The van der Waals surface area contributed by atoms with Gasteiger partial charge < -0.3 is 10.6 Å². The first-order chi connectivity index (χ1) is 10.8. The van der Waals surface area contributed by atoms with Crippen LogP contribution in [0.5, 0.6) is 0 Å². The highest BCUT2D eigenvalue weighted by Gasteiger charge is 2.22. The molecule has 2 rings (SSSR count). The molecule has 0 aromatic carbocycles. The van der Waals surface area contributed by atoms with Crippen LogP contribution < -0.4 is 10.6 Å². The number of hydrogen-bond acceptors (Lipinski definition) is 3. The summed E-state index contributed by atoms with van der Waals surface area (Å²) in [6.45, 7) is 11.4. The molecular formula is C17H30N4S. The standard InChI is InChI=1S/C17H30N4S/c1-4-18-17(19-11-14-7-8-14)20-12-16(21(5-2)6-3)15-9-10-22-13-15/h9-10,13-14,16H,4-8,11-12H2,1-3H3,(H2,18,19,20). The fraction of sp³-hybridized carbons (Fsp3) is 0.706. The van der Waals surface area contributed by atoms with Crippen molar-refractivity contribution in [3.63, 3.8) is 0 Å². The normalized spacial score (nSPS) is 16.8. The average molecular weight is 323 g/mol. The fourth-order valence-corrected chi connectivity index (χ4v) is 3.35. The van der Waals surface area contributed by atoms with Gasteiger partial charge in [0.1, 0.15) is 0 Å².